The summed E-state index contributed by atoms with van der Waals surface area (Å²) in [6.45, 7) is 0. The van der Waals surface area contributed by atoms with Crippen LogP contribution in [0.1, 0.15) is 10.4 Å². The first-order valence-electron chi connectivity index (χ1n) is 7.78. The average molecular weight is 475 g/mol. The minimum Gasteiger partial charge on any atom is -0.322 e. The van der Waals surface area contributed by atoms with Crippen molar-refractivity contribution >= 4 is 56.8 Å². The quantitative estimate of drug-likeness (QED) is 0.428. The van der Waals surface area contributed by atoms with Crippen molar-refractivity contribution in [3.05, 3.63) is 80.9 Å². The van der Waals surface area contributed by atoms with Gasteiger partial charge in [-0.15, -0.1) is 10.2 Å². The van der Waals surface area contributed by atoms with Crippen molar-refractivity contribution in [2.45, 2.75) is 0 Å². The zero-order valence-corrected chi connectivity index (χ0v) is 16.3. The van der Waals surface area contributed by atoms with E-state index in [0.29, 0.717) is 21.8 Å². The highest BCUT2D eigenvalue weighted by Gasteiger charge is 2.09. The molecular weight excluding hydrogens is 463 g/mol. The lowest BCUT2D eigenvalue weighted by Gasteiger charge is -2.05. The van der Waals surface area contributed by atoms with Gasteiger partial charge in [-0.05, 0) is 77.2 Å². The number of carbonyl (C=O) groups is 1. The van der Waals surface area contributed by atoms with E-state index in [-0.39, 0.29) is 5.91 Å². The normalized spacial score (nSPS) is 10.8. The number of nitrogens with one attached hydrogen (secondary N) is 1. The molecule has 0 saturated carbocycles. The van der Waals surface area contributed by atoms with Gasteiger partial charge in [0, 0.05) is 19.8 Å². The highest BCUT2D eigenvalue weighted by Crippen LogP contribution is 2.20. The van der Waals surface area contributed by atoms with Crippen LogP contribution in [0.2, 0.25) is 5.02 Å². The molecule has 0 spiro atoms. The second-order valence-electron chi connectivity index (χ2n) is 5.64. The lowest BCUT2D eigenvalue weighted by atomic mass is 10.2. The van der Waals surface area contributed by atoms with Crippen LogP contribution >= 0.6 is 34.2 Å². The van der Waals surface area contributed by atoms with Crippen molar-refractivity contribution in [1.82, 2.24) is 15.0 Å². The molecule has 0 fully saturated rings. The third-order valence-electron chi connectivity index (χ3n) is 3.76. The van der Waals surface area contributed by atoms with Gasteiger partial charge in [0.25, 0.3) is 5.91 Å². The van der Waals surface area contributed by atoms with Crippen LogP contribution in [0, 0.1) is 3.57 Å². The first kappa shape index (κ1) is 17.0. The third kappa shape index (κ3) is 3.56. The molecule has 26 heavy (non-hydrogen) atoms. The Morgan fingerprint density at radius 1 is 0.962 bits per heavy atom. The molecule has 1 amide bonds. The Morgan fingerprint density at radius 3 is 2.58 bits per heavy atom. The summed E-state index contributed by atoms with van der Waals surface area (Å²) in [6.07, 6.45) is 0. The Hall–Kier alpha value is -2.45. The van der Waals surface area contributed by atoms with Crippen LogP contribution in [0.4, 0.5) is 5.69 Å². The lowest BCUT2D eigenvalue weighted by Crippen LogP contribution is -2.11. The van der Waals surface area contributed by atoms with Gasteiger partial charge in [0.2, 0.25) is 0 Å². The topological polar surface area (TPSA) is 59.8 Å². The van der Waals surface area contributed by atoms with Gasteiger partial charge >= 0.3 is 0 Å². The van der Waals surface area contributed by atoms with Gasteiger partial charge in [0.05, 0.1) is 5.69 Å². The highest BCUT2D eigenvalue weighted by atomic mass is 127. The Labute approximate surface area is 168 Å². The lowest BCUT2D eigenvalue weighted by molar-refractivity contribution is 0.102. The molecule has 4 rings (SSSR count). The summed E-state index contributed by atoms with van der Waals surface area (Å²) in [4.78, 5) is 13.9. The number of benzene rings is 3. The number of amides is 1. The number of hydrogen-bond donors (Lipinski definition) is 1. The fourth-order valence-corrected chi connectivity index (χ4v) is 3.27. The highest BCUT2D eigenvalue weighted by molar-refractivity contribution is 14.1. The number of fused-ring (bicyclic) bond motifs is 1. The minimum absolute atomic E-state index is 0.162. The minimum atomic E-state index is -0.162. The molecular formula is C19H12ClIN4O. The molecule has 128 valence electrons. The van der Waals surface area contributed by atoms with Crippen molar-refractivity contribution in [1.29, 1.82) is 0 Å². The Bertz CT molecular complexity index is 1130. The summed E-state index contributed by atoms with van der Waals surface area (Å²) in [7, 11) is 0. The molecule has 4 aromatic rings. The molecule has 1 heterocycles. The van der Waals surface area contributed by atoms with Crippen LogP contribution in [0.3, 0.4) is 0 Å². The summed E-state index contributed by atoms with van der Waals surface area (Å²) >= 11 is 8.21. The molecule has 0 aliphatic heterocycles. The Kier molecular flexibility index (Phi) is 4.60. The van der Waals surface area contributed by atoms with Gasteiger partial charge < -0.3 is 5.32 Å². The first-order chi connectivity index (χ1) is 12.6. The van der Waals surface area contributed by atoms with E-state index in [9.17, 15) is 4.79 Å². The molecule has 0 unspecified atom stereocenters. The summed E-state index contributed by atoms with van der Waals surface area (Å²) in [6, 6.07) is 20.2. The SMILES string of the molecule is O=C(Nc1ccc2nn(-c3cccc(Cl)c3)nc2c1)c1cccc(I)c1. The van der Waals surface area contributed by atoms with E-state index in [1.165, 1.54) is 4.80 Å². The molecule has 5 nitrogen and oxygen atoms in total. The van der Waals surface area contributed by atoms with Gasteiger partial charge in [-0.3, -0.25) is 4.79 Å². The summed E-state index contributed by atoms with van der Waals surface area (Å²) in [5, 5.41) is 12.4. The fraction of sp³-hybridized carbons (Fsp3) is 0. The van der Waals surface area contributed by atoms with Gasteiger partial charge in [-0.1, -0.05) is 23.7 Å². The number of anilines is 1. The number of nitrogens with zero attached hydrogens (tertiary/aromatic N) is 3. The summed E-state index contributed by atoms with van der Waals surface area (Å²) in [5.41, 5.74) is 3.47. The molecule has 0 radical (unpaired) electrons. The Morgan fingerprint density at radius 2 is 1.77 bits per heavy atom. The fourth-order valence-electron chi connectivity index (χ4n) is 2.54. The van der Waals surface area contributed by atoms with E-state index in [0.717, 1.165) is 14.8 Å². The van der Waals surface area contributed by atoms with Crippen LogP contribution in [0.5, 0.6) is 0 Å². The van der Waals surface area contributed by atoms with E-state index in [1.807, 2.05) is 42.5 Å². The number of aromatic nitrogens is 3. The smallest absolute Gasteiger partial charge is 0.255 e. The van der Waals surface area contributed by atoms with Gasteiger partial charge in [-0.25, -0.2) is 0 Å². The molecule has 7 heteroatoms. The van der Waals surface area contributed by atoms with E-state index >= 15 is 0 Å². The standard InChI is InChI=1S/C19H12ClIN4O/c20-13-4-2-6-16(10-13)25-23-17-8-7-15(11-18(17)24-25)22-19(26)12-3-1-5-14(21)9-12/h1-11H,(H,22,26). The molecule has 3 aromatic carbocycles. The zero-order valence-electron chi connectivity index (χ0n) is 13.4. The van der Waals surface area contributed by atoms with E-state index in [1.54, 1.807) is 24.3 Å². The largest absolute Gasteiger partial charge is 0.322 e. The maximum absolute atomic E-state index is 12.4. The van der Waals surface area contributed by atoms with Crippen LogP contribution in [0.25, 0.3) is 16.7 Å². The molecule has 1 N–H and O–H groups in total. The van der Waals surface area contributed by atoms with Crippen molar-refractivity contribution in [3.8, 4) is 5.69 Å². The molecule has 0 bridgehead atoms. The predicted molar refractivity (Wildman–Crippen MR) is 111 cm³/mol. The van der Waals surface area contributed by atoms with Crippen LogP contribution in [0.15, 0.2) is 66.7 Å². The second kappa shape index (κ2) is 7.05. The van der Waals surface area contributed by atoms with Crippen molar-refractivity contribution in [2.24, 2.45) is 0 Å². The summed E-state index contributed by atoms with van der Waals surface area (Å²) in [5.74, 6) is -0.162. The first-order valence-corrected chi connectivity index (χ1v) is 9.24. The second-order valence-corrected chi connectivity index (χ2v) is 7.32. The summed E-state index contributed by atoms with van der Waals surface area (Å²) < 4.78 is 1.01. The van der Waals surface area contributed by atoms with Gasteiger partial charge in [0.1, 0.15) is 11.0 Å². The zero-order chi connectivity index (χ0) is 18.1. The maximum Gasteiger partial charge on any atom is 0.255 e. The van der Waals surface area contributed by atoms with Crippen LogP contribution in [-0.2, 0) is 0 Å². The molecule has 1 aromatic heterocycles. The maximum atomic E-state index is 12.4. The van der Waals surface area contributed by atoms with Gasteiger partial charge in [-0.2, -0.15) is 4.80 Å². The van der Waals surface area contributed by atoms with Crippen molar-refractivity contribution in [3.63, 3.8) is 0 Å². The number of carbonyl (C=O) groups excluding carboxylic acids is 1. The molecule has 0 aliphatic carbocycles. The van der Waals surface area contributed by atoms with Gasteiger partial charge in [0.15, 0.2) is 0 Å². The van der Waals surface area contributed by atoms with E-state index in [4.69, 9.17) is 11.6 Å². The monoisotopic (exact) mass is 474 g/mol. The molecule has 0 aliphatic rings. The van der Waals surface area contributed by atoms with Crippen molar-refractivity contribution < 1.29 is 4.79 Å². The average Bonchev–Trinajstić information content (AvgIpc) is 3.05. The number of halogens is 2. The Balaban J connectivity index is 1.62. The predicted octanol–water partition coefficient (Wildman–Crippen LogP) is 4.93. The number of rotatable bonds is 3. The third-order valence-corrected chi connectivity index (χ3v) is 4.67. The molecule has 0 saturated heterocycles. The van der Waals surface area contributed by atoms with E-state index in [2.05, 4.69) is 38.1 Å². The van der Waals surface area contributed by atoms with Crippen LogP contribution in [-0.4, -0.2) is 20.9 Å². The molecule has 0 atom stereocenters. The number of hydrogen-bond acceptors (Lipinski definition) is 3. The van der Waals surface area contributed by atoms with Crippen molar-refractivity contribution in [2.75, 3.05) is 5.32 Å². The van der Waals surface area contributed by atoms with E-state index < -0.39 is 0 Å². The van der Waals surface area contributed by atoms with Crippen LogP contribution < -0.4 is 5.32 Å².